The standard InChI is InChI=1S/C15H17N3O/c1-11-8-9-17-18(11)14-6-4-13(5-7-14)15(19)16-10-12-2-3-12/h4-9,12H,2-3,10H2,1H3,(H,16,19). The molecule has 1 aromatic carbocycles. The second-order valence-corrected chi connectivity index (χ2v) is 5.08. The molecule has 0 bridgehead atoms. The van der Waals surface area contributed by atoms with Crippen molar-refractivity contribution < 1.29 is 4.79 Å². The highest BCUT2D eigenvalue weighted by molar-refractivity contribution is 5.94. The molecule has 0 spiro atoms. The number of aryl methyl sites for hydroxylation is 1. The largest absolute Gasteiger partial charge is 0.352 e. The van der Waals surface area contributed by atoms with Crippen LogP contribution in [-0.2, 0) is 0 Å². The summed E-state index contributed by atoms with van der Waals surface area (Å²) >= 11 is 0. The summed E-state index contributed by atoms with van der Waals surface area (Å²) in [6.07, 6.45) is 4.27. The van der Waals surface area contributed by atoms with Gasteiger partial charge in [0.15, 0.2) is 0 Å². The van der Waals surface area contributed by atoms with Gasteiger partial charge in [-0.25, -0.2) is 4.68 Å². The lowest BCUT2D eigenvalue weighted by Gasteiger charge is -2.07. The van der Waals surface area contributed by atoms with Crippen LogP contribution in [0.2, 0.25) is 0 Å². The molecule has 2 aromatic rings. The summed E-state index contributed by atoms with van der Waals surface area (Å²) in [5, 5.41) is 7.21. The van der Waals surface area contributed by atoms with Crippen LogP contribution in [0.5, 0.6) is 0 Å². The van der Waals surface area contributed by atoms with Gasteiger partial charge in [-0.3, -0.25) is 4.79 Å². The van der Waals surface area contributed by atoms with Crippen LogP contribution >= 0.6 is 0 Å². The first-order valence-corrected chi connectivity index (χ1v) is 6.63. The number of hydrogen-bond donors (Lipinski definition) is 1. The molecule has 4 heteroatoms. The highest BCUT2D eigenvalue weighted by Crippen LogP contribution is 2.27. The molecule has 1 heterocycles. The Bertz CT molecular complexity index is 582. The van der Waals surface area contributed by atoms with Gasteiger partial charge in [0.1, 0.15) is 0 Å². The fourth-order valence-corrected chi connectivity index (χ4v) is 2.05. The molecule has 1 aromatic heterocycles. The number of hydrogen-bond acceptors (Lipinski definition) is 2. The van der Waals surface area contributed by atoms with Crippen molar-refractivity contribution in [1.29, 1.82) is 0 Å². The molecule has 4 nitrogen and oxygen atoms in total. The molecule has 1 saturated carbocycles. The van der Waals surface area contributed by atoms with Crippen molar-refractivity contribution in [3.8, 4) is 5.69 Å². The Morgan fingerprint density at radius 2 is 2.05 bits per heavy atom. The van der Waals surface area contributed by atoms with E-state index in [9.17, 15) is 4.79 Å². The second kappa shape index (κ2) is 4.88. The molecule has 1 amide bonds. The smallest absolute Gasteiger partial charge is 0.251 e. The first-order valence-electron chi connectivity index (χ1n) is 6.63. The summed E-state index contributed by atoms with van der Waals surface area (Å²) in [6, 6.07) is 9.49. The molecule has 19 heavy (non-hydrogen) atoms. The predicted octanol–water partition coefficient (Wildman–Crippen LogP) is 2.32. The van der Waals surface area contributed by atoms with Crippen molar-refractivity contribution in [3.63, 3.8) is 0 Å². The van der Waals surface area contributed by atoms with Crippen molar-refractivity contribution >= 4 is 5.91 Å². The van der Waals surface area contributed by atoms with E-state index in [1.165, 1.54) is 12.8 Å². The van der Waals surface area contributed by atoms with Gasteiger partial charge < -0.3 is 5.32 Å². The SMILES string of the molecule is Cc1ccnn1-c1ccc(C(=O)NCC2CC2)cc1. The number of nitrogens with zero attached hydrogens (tertiary/aromatic N) is 2. The quantitative estimate of drug-likeness (QED) is 0.911. The molecule has 1 fully saturated rings. The molecular weight excluding hydrogens is 238 g/mol. The van der Waals surface area contributed by atoms with Crippen LogP contribution in [0.1, 0.15) is 28.9 Å². The zero-order valence-corrected chi connectivity index (χ0v) is 11.0. The minimum atomic E-state index is 0.00985. The monoisotopic (exact) mass is 255 g/mol. The topological polar surface area (TPSA) is 46.9 Å². The lowest BCUT2D eigenvalue weighted by Crippen LogP contribution is -2.25. The van der Waals surface area contributed by atoms with Crippen molar-refractivity contribution in [2.24, 2.45) is 5.92 Å². The molecule has 98 valence electrons. The highest BCUT2D eigenvalue weighted by Gasteiger charge is 2.21. The van der Waals surface area contributed by atoms with Crippen molar-refractivity contribution in [1.82, 2.24) is 15.1 Å². The van der Waals surface area contributed by atoms with Crippen LogP contribution in [0.4, 0.5) is 0 Å². The van der Waals surface area contributed by atoms with Crippen LogP contribution in [0.15, 0.2) is 36.5 Å². The second-order valence-electron chi connectivity index (χ2n) is 5.08. The Labute approximate surface area is 112 Å². The maximum absolute atomic E-state index is 11.9. The van der Waals surface area contributed by atoms with E-state index in [-0.39, 0.29) is 5.91 Å². The number of amides is 1. The van der Waals surface area contributed by atoms with E-state index in [1.54, 1.807) is 6.20 Å². The van der Waals surface area contributed by atoms with Crippen LogP contribution in [-0.4, -0.2) is 22.2 Å². The minimum absolute atomic E-state index is 0.00985. The van der Waals surface area contributed by atoms with E-state index in [1.807, 2.05) is 41.9 Å². The van der Waals surface area contributed by atoms with Gasteiger partial charge >= 0.3 is 0 Å². The summed E-state index contributed by atoms with van der Waals surface area (Å²) in [5.41, 5.74) is 2.75. The molecule has 0 saturated heterocycles. The summed E-state index contributed by atoms with van der Waals surface area (Å²) in [5.74, 6) is 0.714. The van der Waals surface area contributed by atoms with Crippen LogP contribution in [0, 0.1) is 12.8 Å². The predicted molar refractivity (Wildman–Crippen MR) is 73.4 cm³/mol. The van der Waals surface area contributed by atoms with Gasteiger partial charge in [0.25, 0.3) is 5.91 Å². The first kappa shape index (κ1) is 12.0. The maximum Gasteiger partial charge on any atom is 0.251 e. The van der Waals surface area contributed by atoms with Gasteiger partial charge in [-0.05, 0) is 56.0 Å². The highest BCUT2D eigenvalue weighted by atomic mass is 16.1. The van der Waals surface area contributed by atoms with Crippen molar-refractivity contribution in [2.75, 3.05) is 6.54 Å². The fourth-order valence-electron chi connectivity index (χ4n) is 2.05. The lowest BCUT2D eigenvalue weighted by molar-refractivity contribution is 0.0952. The number of carbonyl (C=O) groups excluding carboxylic acids is 1. The Balaban J connectivity index is 1.71. The van der Waals surface area contributed by atoms with E-state index in [4.69, 9.17) is 0 Å². The molecular formula is C15H17N3O. The van der Waals surface area contributed by atoms with Crippen LogP contribution < -0.4 is 5.32 Å². The summed E-state index contributed by atoms with van der Waals surface area (Å²) in [6.45, 7) is 2.81. The molecule has 0 radical (unpaired) electrons. The fraction of sp³-hybridized carbons (Fsp3) is 0.333. The third-order valence-electron chi connectivity index (χ3n) is 3.45. The van der Waals surface area contributed by atoms with Crippen molar-refractivity contribution in [2.45, 2.75) is 19.8 Å². The normalized spacial score (nSPS) is 14.4. The Hall–Kier alpha value is -2.10. The molecule has 0 aliphatic heterocycles. The average Bonchev–Trinajstić information content (AvgIpc) is 3.17. The number of rotatable bonds is 4. The molecule has 1 aliphatic rings. The first-order chi connectivity index (χ1) is 9.24. The Morgan fingerprint density at radius 3 is 2.63 bits per heavy atom. The van der Waals surface area contributed by atoms with Crippen molar-refractivity contribution in [3.05, 3.63) is 47.8 Å². The lowest BCUT2D eigenvalue weighted by atomic mass is 10.2. The number of carbonyl (C=O) groups is 1. The van der Waals surface area contributed by atoms with Crippen LogP contribution in [0.25, 0.3) is 5.69 Å². The minimum Gasteiger partial charge on any atom is -0.352 e. The van der Waals surface area contributed by atoms with Crippen LogP contribution in [0.3, 0.4) is 0 Å². The third kappa shape index (κ3) is 2.67. The molecule has 0 atom stereocenters. The zero-order valence-electron chi connectivity index (χ0n) is 11.0. The average molecular weight is 255 g/mol. The molecule has 0 unspecified atom stereocenters. The van der Waals surface area contributed by atoms with E-state index >= 15 is 0 Å². The van der Waals surface area contributed by atoms with Gasteiger partial charge in [-0.2, -0.15) is 5.10 Å². The van der Waals surface area contributed by atoms with Gasteiger partial charge in [-0.1, -0.05) is 0 Å². The van der Waals surface area contributed by atoms with Gasteiger partial charge in [0, 0.05) is 24.0 Å². The summed E-state index contributed by atoms with van der Waals surface area (Å²) in [7, 11) is 0. The Kier molecular flexibility index (Phi) is 3.07. The summed E-state index contributed by atoms with van der Waals surface area (Å²) in [4.78, 5) is 11.9. The summed E-state index contributed by atoms with van der Waals surface area (Å²) < 4.78 is 1.85. The number of aromatic nitrogens is 2. The van der Waals surface area contributed by atoms with Gasteiger partial charge in [-0.15, -0.1) is 0 Å². The van der Waals surface area contributed by atoms with E-state index in [0.717, 1.165) is 17.9 Å². The third-order valence-corrected chi connectivity index (χ3v) is 3.45. The van der Waals surface area contributed by atoms with Gasteiger partial charge in [0.2, 0.25) is 0 Å². The van der Waals surface area contributed by atoms with Gasteiger partial charge in [0.05, 0.1) is 5.69 Å². The molecule has 1 N–H and O–H groups in total. The molecule has 3 rings (SSSR count). The maximum atomic E-state index is 11.9. The van der Waals surface area contributed by atoms with E-state index < -0.39 is 0 Å². The Morgan fingerprint density at radius 1 is 1.32 bits per heavy atom. The zero-order chi connectivity index (χ0) is 13.2. The van der Waals surface area contributed by atoms with E-state index in [2.05, 4.69) is 10.4 Å². The van der Waals surface area contributed by atoms with E-state index in [0.29, 0.717) is 11.5 Å². The number of nitrogens with one attached hydrogen (secondary N) is 1. The molecule has 1 aliphatic carbocycles. The number of benzene rings is 1.